The van der Waals surface area contributed by atoms with Gasteiger partial charge in [-0.25, -0.2) is 0 Å². The van der Waals surface area contributed by atoms with Gasteiger partial charge in [-0.15, -0.1) is 5.10 Å². The third kappa shape index (κ3) is 4.58. The fraction of sp³-hybridized carbons (Fsp3) is 0.529. The van der Waals surface area contributed by atoms with E-state index in [1.807, 2.05) is 30.3 Å². The van der Waals surface area contributed by atoms with Crippen molar-refractivity contribution in [2.24, 2.45) is 0 Å². The molecule has 2 atom stereocenters. The first kappa shape index (κ1) is 17.0. The first-order valence-electron chi connectivity index (χ1n) is 8.52. The molecule has 1 aliphatic rings. The molecular weight excluding hydrogens is 322 g/mol. The van der Waals surface area contributed by atoms with Crippen LogP contribution in [0.25, 0.3) is 5.69 Å². The molecule has 0 radical (unpaired) electrons. The summed E-state index contributed by atoms with van der Waals surface area (Å²) in [6.45, 7) is 0. The standard InChI is InChI=1S/C17H23N5OS/c23-15-9-4-6-13(12-15)18-17(24)11-5-10-16-19-20-21-22(16)14-7-2-1-3-8-14/h1-3,7-8,13,15,23H,4-6,9-12H2,(H,18,24). The second kappa shape index (κ2) is 8.30. The van der Waals surface area contributed by atoms with Crippen molar-refractivity contribution in [2.45, 2.75) is 57.1 Å². The molecule has 1 saturated carbocycles. The van der Waals surface area contributed by atoms with Gasteiger partial charge in [0.2, 0.25) is 0 Å². The van der Waals surface area contributed by atoms with Crippen molar-refractivity contribution >= 4 is 17.2 Å². The molecule has 2 unspecified atom stereocenters. The van der Waals surface area contributed by atoms with E-state index in [0.29, 0.717) is 6.04 Å². The third-order valence-corrected chi connectivity index (χ3v) is 4.67. The molecule has 0 aliphatic heterocycles. The minimum absolute atomic E-state index is 0.186. The molecule has 1 heterocycles. The Morgan fingerprint density at radius 1 is 1.29 bits per heavy atom. The molecule has 2 N–H and O–H groups in total. The van der Waals surface area contributed by atoms with Gasteiger partial charge in [-0.2, -0.15) is 4.68 Å². The molecule has 3 rings (SSSR count). The van der Waals surface area contributed by atoms with Crippen molar-refractivity contribution in [3.63, 3.8) is 0 Å². The van der Waals surface area contributed by atoms with Gasteiger partial charge >= 0.3 is 0 Å². The highest BCUT2D eigenvalue weighted by molar-refractivity contribution is 7.80. The monoisotopic (exact) mass is 345 g/mol. The molecule has 1 aliphatic carbocycles. The fourth-order valence-electron chi connectivity index (χ4n) is 3.13. The second-order valence-electron chi connectivity index (χ2n) is 6.28. The van der Waals surface area contributed by atoms with Crippen molar-refractivity contribution in [2.75, 3.05) is 0 Å². The van der Waals surface area contributed by atoms with Gasteiger partial charge in [-0.1, -0.05) is 30.4 Å². The van der Waals surface area contributed by atoms with Gasteiger partial charge in [0.1, 0.15) is 0 Å². The topological polar surface area (TPSA) is 75.9 Å². The first-order chi connectivity index (χ1) is 11.7. The fourth-order valence-corrected chi connectivity index (χ4v) is 3.44. The van der Waals surface area contributed by atoms with E-state index in [1.165, 1.54) is 0 Å². The summed E-state index contributed by atoms with van der Waals surface area (Å²) in [4.78, 5) is 0.868. The Balaban J connectivity index is 1.47. The van der Waals surface area contributed by atoms with Crippen molar-refractivity contribution in [3.8, 4) is 5.69 Å². The molecule has 128 valence electrons. The largest absolute Gasteiger partial charge is 0.393 e. The SMILES string of the molecule is OC1CCCC(NC(=S)CCCc2nnnn2-c2ccccc2)C1. The van der Waals surface area contributed by atoms with Crippen LogP contribution in [0, 0.1) is 0 Å². The Hall–Kier alpha value is -1.86. The summed E-state index contributed by atoms with van der Waals surface area (Å²) in [7, 11) is 0. The average molecular weight is 345 g/mol. The predicted molar refractivity (Wildman–Crippen MR) is 96.1 cm³/mol. The zero-order chi connectivity index (χ0) is 16.8. The van der Waals surface area contributed by atoms with Crippen molar-refractivity contribution < 1.29 is 5.11 Å². The van der Waals surface area contributed by atoms with Crippen LogP contribution in [0.1, 0.15) is 44.3 Å². The minimum Gasteiger partial charge on any atom is -0.393 e. The molecule has 2 aromatic rings. The van der Waals surface area contributed by atoms with Crippen LogP contribution in [0.5, 0.6) is 0 Å². The number of aryl methyl sites for hydroxylation is 1. The Kier molecular flexibility index (Phi) is 5.87. The van der Waals surface area contributed by atoms with Gasteiger partial charge in [-0.05, 0) is 61.1 Å². The van der Waals surface area contributed by atoms with Gasteiger partial charge in [0.25, 0.3) is 0 Å². The lowest BCUT2D eigenvalue weighted by atomic mass is 9.93. The number of nitrogens with one attached hydrogen (secondary N) is 1. The van der Waals surface area contributed by atoms with Gasteiger partial charge in [-0.3, -0.25) is 0 Å². The van der Waals surface area contributed by atoms with Crippen LogP contribution >= 0.6 is 12.2 Å². The van der Waals surface area contributed by atoms with Crippen LogP contribution in [0.2, 0.25) is 0 Å². The summed E-state index contributed by atoms with van der Waals surface area (Å²) in [5.74, 6) is 0.845. The molecular formula is C17H23N5OS. The Morgan fingerprint density at radius 2 is 2.12 bits per heavy atom. The number of para-hydroxylation sites is 1. The van der Waals surface area contributed by atoms with Crippen LogP contribution in [-0.4, -0.2) is 42.4 Å². The van der Waals surface area contributed by atoms with E-state index < -0.39 is 0 Å². The van der Waals surface area contributed by atoms with Crippen LogP contribution < -0.4 is 5.32 Å². The van der Waals surface area contributed by atoms with Crippen LogP contribution in [0.15, 0.2) is 30.3 Å². The number of hydrogen-bond acceptors (Lipinski definition) is 5. The van der Waals surface area contributed by atoms with Gasteiger partial charge in [0, 0.05) is 12.5 Å². The second-order valence-corrected chi connectivity index (χ2v) is 6.77. The zero-order valence-electron chi connectivity index (χ0n) is 13.6. The normalized spacial score (nSPS) is 20.7. The summed E-state index contributed by atoms with van der Waals surface area (Å²) in [6.07, 6.45) is 6.15. The highest BCUT2D eigenvalue weighted by Crippen LogP contribution is 2.18. The highest BCUT2D eigenvalue weighted by Gasteiger charge is 2.20. The lowest BCUT2D eigenvalue weighted by molar-refractivity contribution is 0.116. The van der Waals surface area contributed by atoms with E-state index in [9.17, 15) is 5.11 Å². The minimum atomic E-state index is -0.186. The maximum Gasteiger partial charge on any atom is 0.156 e. The van der Waals surface area contributed by atoms with Gasteiger partial charge < -0.3 is 10.4 Å². The highest BCUT2D eigenvalue weighted by atomic mass is 32.1. The Morgan fingerprint density at radius 3 is 2.92 bits per heavy atom. The van der Waals surface area contributed by atoms with E-state index in [1.54, 1.807) is 4.68 Å². The Labute approximate surface area is 147 Å². The maximum atomic E-state index is 9.72. The number of aliphatic hydroxyl groups excluding tert-OH is 1. The number of rotatable bonds is 6. The molecule has 1 fully saturated rings. The third-order valence-electron chi connectivity index (χ3n) is 4.35. The first-order valence-corrected chi connectivity index (χ1v) is 8.93. The summed E-state index contributed by atoms with van der Waals surface area (Å²) in [6, 6.07) is 10.2. The summed E-state index contributed by atoms with van der Waals surface area (Å²) in [5.41, 5.74) is 0.967. The molecule has 1 aromatic heterocycles. The van der Waals surface area contributed by atoms with E-state index >= 15 is 0 Å². The van der Waals surface area contributed by atoms with Crippen molar-refractivity contribution in [1.82, 2.24) is 25.5 Å². The van der Waals surface area contributed by atoms with E-state index in [0.717, 1.165) is 61.4 Å². The van der Waals surface area contributed by atoms with Crippen LogP contribution in [-0.2, 0) is 6.42 Å². The van der Waals surface area contributed by atoms with E-state index in [2.05, 4.69) is 20.8 Å². The maximum absolute atomic E-state index is 9.72. The lowest BCUT2D eigenvalue weighted by Gasteiger charge is -2.27. The molecule has 6 nitrogen and oxygen atoms in total. The van der Waals surface area contributed by atoms with E-state index in [4.69, 9.17) is 12.2 Å². The quantitative estimate of drug-likeness (QED) is 0.782. The molecule has 0 bridgehead atoms. The van der Waals surface area contributed by atoms with Gasteiger partial charge in [0.15, 0.2) is 5.82 Å². The Bertz CT molecular complexity index is 660. The van der Waals surface area contributed by atoms with Crippen molar-refractivity contribution in [3.05, 3.63) is 36.2 Å². The summed E-state index contributed by atoms with van der Waals surface area (Å²) < 4.78 is 1.77. The number of aliphatic hydroxyl groups is 1. The van der Waals surface area contributed by atoms with Gasteiger partial charge in [0.05, 0.1) is 16.8 Å². The van der Waals surface area contributed by atoms with E-state index in [-0.39, 0.29) is 6.10 Å². The smallest absolute Gasteiger partial charge is 0.156 e. The number of benzene rings is 1. The summed E-state index contributed by atoms with van der Waals surface area (Å²) in [5, 5.41) is 25.1. The average Bonchev–Trinajstić information content (AvgIpc) is 3.04. The lowest BCUT2D eigenvalue weighted by Crippen LogP contribution is -2.38. The number of thiocarbonyl (C=S) groups is 1. The number of tetrazole rings is 1. The number of hydrogen-bond donors (Lipinski definition) is 2. The number of nitrogens with zero attached hydrogens (tertiary/aromatic N) is 4. The molecule has 0 amide bonds. The molecule has 1 aromatic carbocycles. The molecule has 24 heavy (non-hydrogen) atoms. The zero-order valence-corrected chi connectivity index (χ0v) is 14.5. The summed E-state index contributed by atoms with van der Waals surface area (Å²) >= 11 is 5.44. The predicted octanol–water partition coefficient (Wildman–Crippen LogP) is 2.21. The number of aromatic nitrogens is 4. The molecule has 0 saturated heterocycles. The molecule has 0 spiro atoms. The molecule has 7 heteroatoms. The van der Waals surface area contributed by atoms with Crippen LogP contribution in [0.4, 0.5) is 0 Å². The van der Waals surface area contributed by atoms with Crippen molar-refractivity contribution in [1.29, 1.82) is 0 Å². The van der Waals surface area contributed by atoms with Crippen LogP contribution in [0.3, 0.4) is 0 Å².